The minimum Gasteiger partial charge on any atom is -0.480 e. The van der Waals surface area contributed by atoms with E-state index in [0.29, 0.717) is 0 Å². The molecule has 128 valence electrons. The van der Waals surface area contributed by atoms with Crippen molar-refractivity contribution < 1.29 is 19.4 Å². The first-order valence-corrected chi connectivity index (χ1v) is 7.96. The second-order valence-electron chi connectivity index (χ2n) is 7.17. The van der Waals surface area contributed by atoms with Crippen LogP contribution in [0.25, 0.3) is 10.9 Å². The maximum absolute atomic E-state index is 12.5. The zero-order valence-electron chi connectivity index (χ0n) is 14.4. The lowest BCUT2D eigenvalue weighted by molar-refractivity contribution is -0.143. The van der Waals surface area contributed by atoms with E-state index >= 15 is 0 Å². The number of aromatic nitrogens is 1. The van der Waals surface area contributed by atoms with Gasteiger partial charge in [-0.3, -0.25) is 4.90 Å². The Hall–Kier alpha value is -2.50. The molecule has 0 bridgehead atoms. The molecule has 2 aromatic rings. The van der Waals surface area contributed by atoms with E-state index in [1.54, 1.807) is 20.8 Å². The highest BCUT2D eigenvalue weighted by Crippen LogP contribution is 2.33. The van der Waals surface area contributed by atoms with Crippen LogP contribution < -0.4 is 0 Å². The Morgan fingerprint density at radius 1 is 1.25 bits per heavy atom. The van der Waals surface area contributed by atoms with Crippen LogP contribution in [0, 0.1) is 0 Å². The number of carbonyl (C=O) groups excluding carboxylic acids is 1. The number of amides is 1. The van der Waals surface area contributed by atoms with Crippen LogP contribution in [0.15, 0.2) is 24.3 Å². The molecule has 6 heteroatoms. The molecule has 6 nitrogen and oxygen atoms in total. The van der Waals surface area contributed by atoms with Crippen LogP contribution in [0.2, 0.25) is 0 Å². The maximum atomic E-state index is 12.5. The van der Waals surface area contributed by atoms with Gasteiger partial charge >= 0.3 is 12.1 Å². The van der Waals surface area contributed by atoms with Crippen LogP contribution in [0.4, 0.5) is 4.79 Å². The van der Waals surface area contributed by atoms with Crippen molar-refractivity contribution in [3.63, 3.8) is 0 Å². The molecule has 1 aromatic carbocycles. The van der Waals surface area contributed by atoms with Crippen molar-refractivity contribution in [2.24, 2.45) is 7.05 Å². The third-order valence-electron chi connectivity index (χ3n) is 4.35. The number of hydrogen-bond donors (Lipinski definition) is 1. The fourth-order valence-corrected chi connectivity index (χ4v) is 3.26. The van der Waals surface area contributed by atoms with Crippen molar-refractivity contribution in [1.82, 2.24) is 9.47 Å². The molecule has 0 spiro atoms. The molecule has 3 rings (SSSR count). The number of fused-ring (bicyclic) bond motifs is 3. The van der Waals surface area contributed by atoms with E-state index in [4.69, 9.17) is 4.74 Å². The average Bonchev–Trinajstić information content (AvgIpc) is 2.77. The minimum atomic E-state index is -1.01. The van der Waals surface area contributed by atoms with E-state index in [0.717, 1.165) is 22.2 Å². The number of carbonyl (C=O) groups is 2. The Balaban J connectivity index is 2.05. The van der Waals surface area contributed by atoms with Gasteiger partial charge in [-0.1, -0.05) is 18.2 Å². The van der Waals surface area contributed by atoms with Crippen molar-refractivity contribution >= 4 is 23.0 Å². The molecule has 0 saturated heterocycles. The molecule has 0 radical (unpaired) electrons. The number of aryl methyl sites for hydroxylation is 1. The predicted octanol–water partition coefficient (Wildman–Crippen LogP) is 2.92. The molecule has 1 N–H and O–H groups in total. The Labute approximate surface area is 140 Å². The maximum Gasteiger partial charge on any atom is 0.411 e. The largest absolute Gasteiger partial charge is 0.480 e. The van der Waals surface area contributed by atoms with Crippen LogP contribution >= 0.6 is 0 Å². The van der Waals surface area contributed by atoms with Gasteiger partial charge in [-0.25, -0.2) is 9.59 Å². The number of para-hydroxylation sites is 1. The number of carboxylic acids is 1. The first-order valence-electron chi connectivity index (χ1n) is 7.96. The van der Waals surface area contributed by atoms with Gasteiger partial charge in [0, 0.05) is 30.1 Å². The molecule has 1 aliphatic heterocycles. The molecular weight excluding hydrogens is 308 g/mol. The first kappa shape index (κ1) is 16.4. The number of rotatable bonds is 1. The van der Waals surface area contributed by atoms with Gasteiger partial charge in [0.15, 0.2) is 0 Å². The summed E-state index contributed by atoms with van der Waals surface area (Å²) < 4.78 is 7.43. The van der Waals surface area contributed by atoms with Gasteiger partial charge in [0.05, 0.1) is 6.54 Å². The topological polar surface area (TPSA) is 71.8 Å². The Morgan fingerprint density at radius 2 is 1.92 bits per heavy atom. The SMILES string of the molecule is Cn1c2c(c3ccccc31)CC(C(=O)O)N(C(=O)OC(C)(C)C)C2. The van der Waals surface area contributed by atoms with Gasteiger partial charge < -0.3 is 14.4 Å². The highest BCUT2D eigenvalue weighted by molar-refractivity contribution is 5.88. The summed E-state index contributed by atoms with van der Waals surface area (Å²) in [5, 5.41) is 10.7. The molecular formula is C18H22N2O4. The number of aliphatic carboxylic acids is 1. The fourth-order valence-electron chi connectivity index (χ4n) is 3.26. The monoisotopic (exact) mass is 330 g/mol. The molecule has 1 aromatic heterocycles. The number of ether oxygens (including phenoxy) is 1. The zero-order valence-corrected chi connectivity index (χ0v) is 14.4. The van der Waals surface area contributed by atoms with E-state index in [1.807, 2.05) is 35.9 Å². The average molecular weight is 330 g/mol. The van der Waals surface area contributed by atoms with E-state index in [1.165, 1.54) is 4.90 Å². The van der Waals surface area contributed by atoms with Gasteiger partial charge in [0.2, 0.25) is 0 Å². The second-order valence-corrected chi connectivity index (χ2v) is 7.17. The normalized spacial score (nSPS) is 17.7. The molecule has 1 aliphatic rings. The summed E-state index contributed by atoms with van der Waals surface area (Å²) in [6.07, 6.45) is -0.309. The van der Waals surface area contributed by atoms with Crippen molar-refractivity contribution in [3.8, 4) is 0 Å². The third-order valence-corrected chi connectivity index (χ3v) is 4.35. The van der Waals surface area contributed by atoms with Gasteiger partial charge in [0.1, 0.15) is 11.6 Å². The summed E-state index contributed by atoms with van der Waals surface area (Å²) >= 11 is 0. The molecule has 24 heavy (non-hydrogen) atoms. The lowest BCUT2D eigenvalue weighted by Gasteiger charge is -2.35. The van der Waals surface area contributed by atoms with Crippen LogP contribution in [0.1, 0.15) is 32.0 Å². The van der Waals surface area contributed by atoms with Crippen molar-refractivity contribution in [1.29, 1.82) is 0 Å². The second kappa shape index (κ2) is 5.54. The molecule has 1 unspecified atom stereocenters. The highest BCUT2D eigenvalue weighted by Gasteiger charge is 2.39. The summed E-state index contributed by atoms with van der Waals surface area (Å²) in [4.78, 5) is 25.5. The predicted molar refractivity (Wildman–Crippen MR) is 89.8 cm³/mol. The summed E-state index contributed by atoms with van der Waals surface area (Å²) in [6.45, 7) is 5.54. The fraction of sp³-hybridized carbons (Fsp3) is 0.444. The number of hydrogen-bond acceptors (Lipinski definition) is 3. The third kappa shape index (κ3) is 2.72. The van der Waals surface area contributed by atoms with E-state index in [2.05, 4.69) is 0 Å². The first-order chi connectivity index (χ1) is 11.2. The van der Waals surface area contributed by atoms with Crippen LogP contribution in [0.3, 0.4) is 0 Å². The number of nitrogens with zero attached hydrogens (tertiary/aromatic N) is 2. The molecule has 1 atom stereocenters. The lowest BCUT2D eigenvalue weighted by Crippen LogP contribution is -2.50. The Kier molecular flexibility index (Phi) is 3.78. The van der Waals surface area contributed by atoms with Crippen molar-refractivity contribution in [2.75, 3.05) is 0 Å². The van der Waals surface area contributed by atoms with E-state index in [-0.39, 0.29) is 13.0 Å². The van der Waals surface area contributed by atoms with E-state index in [9.17, 15) is 14.7 Å². The highest BCUT2D eigenvalue weighted by atomic mass is 16.6. The van der Waals surface area contributed by atoms with Crippen LogP contribution in [-0.2, 0) is 29.5 Å². The standard InChI is InChI=1S/C18H22N2O4/c1-18(2,3)24-17(23)20-10-15-12(9-14(20)16(21)22)11-7-5-6-8-13(11)19(15)4/h5-8,14H,9-10H2,1-4H3,(H,21,22). The number of carboxylic acid groups (broad SMARTS) is 1. The van der Waals surface area contributed by atoms with Crippen LogP contribution in [-0.4, -0.2) is 38.3 Å². The molecule has 0 aliphatic carbocycles. The van der Waals surface area contributed by atoms with Crippen molar-refractivity contribution in [3.05, 3.63) is 35.5 Å². The number of benzene rings is 1. The van der Waals surface area contributed by atoms with Gasteiger partial charge in [-0.05, 0) is 32.4 Å². The molecule has 0 saturated carbocycles. The Morgan fingerprint density at radius 3 is 2.54 bits per heavy atom. The lowest BCUT2D eigenvalue weighted by atomic mass is 9.97. The molecule has 0 fully saturated rings. The summed E-state index contributed by atoms with van der Waals surface area (Å²) in [7, 11) is 1.94. The van der Waals surface area contributed by atoms with E-state index < -0.39 is 23.7 Å². The van der Waals surface area contributed by atoms with Gasteiger partial charge in [-0.2, -0.15) is 0 Å². The molecule has 1 amide bonds. The van der Waals surface area contributed by atoms with Gasteiger partial charge in [-0.15, -0.1) is 0 Å². The zero-order chi connectivity index (χ0) is 17.6. The quantitative estimate of drug-likeness (QED) is 0.872. The van der Waals surface area contributed by atoms with Gasteiger partial charge in [0.25, 0.3) is 0 Å². The van der Waals surface area contributed by atoms with Crippen molar-refractivity contribution in [2.45, 2.75) is 45.4 Å². The summed E-state index contributed by atoms with van der Waals surface area (Å²) in [6, 6.07) is 6.97. The summed E-state index contributed by atoms with van der Waals surface area (Å²) in [5.74, 6) is -1.01. The molecule has 2 heterocycles. The summed E-state index contributed by atoms with van der Waals surface area (Å²) in [5.41, 5.74) is 2.33. The smallest absolute Gasteiger partial charge is 0.411 e. The van der Waals surface area contributed by atoms with Crippen LogP contribution in [0.5, 0.6) is 0 Å². The Bertz CT molecular complexity index is 816. The minimum absolute atomic E-state index is 0.229.